The molecule has 0 aliphatic carbocycles. The third kappa shape index (κ3) is 6.25. The van der Waals surface area contributed by atoms with Crippen LogP contribution in [0.25, 0.3) is 0 Å². The van der Waals surface area contributed by atoms with Crippen LogP contribution in [0.15, 0.2) is 18.3 Å². The smallest absolute Gasteiger partial charge is 0.384 e. The molecule has 1 aromatic heterocycles. The first-order chi connectivity index (χ1) is 8.01. The number of hydrogen-bond donors (Lipinski definition) is 2. The van der Waals surface area contributed by atoms with Gasteiger partial charge in [-0.3, -0.25) is 0 Å². The van der Waals surface area contributed by atoms with E-state index in [0.29, 0.717) is 5.82 Å². The van der Waals surface area contributed by atoms with Gasteiger partial charge in [0.1, 0.15) is 5.82 Å². The molecule has 0 spiro atoms. The van der Waals surface area contributed by atoms with Crippen LogP contribution in [0.5, 0.6) is 0 Å². The van der Waals surface area contributed by atoms with Crippen molar-refractivity contribution in [2.75, 3.05) is 29.5 Å². The van der Waals surface area contributed by atoms with Crippen LogP contribution >= 0.6 is 11.8 Å². The van der Waals surface area contributed by atoms with Crippen molar-refractivity contribution < 1.29 is 13.2 Å². The Labute approximate surface area is 102 Å². The first-order valence-corrected chi connectivity index (χ1v) is 6.14. The van der Waals surface area contributed by atoms with Gasteiger partial charge in [0.15, 0.2) is 0 Å². The van der Waals surface area contributed by atoms with Crippen LogP contribution in [0, 0.1) is 0 Å². The topological polar surface area (TPSA) is 37.0 Å². The molecule has 0 aliphatic rings. The van der Waals surface area contributed by atoms with Crippen molar-refractivity contribution in [3.8, 4) is 0 Å². The lowest BCUT2D eigenvalue weighted by Crippen LogP contribution is -2.09. The summed E-state index contributed by atoms with van der Waals surface area (Å²) in [5.74, 6) is 0.698. The summed E-state index contributed by atoms with van der Waals surface area (Å²) in [6.45, 7) is 2.96. The van der Waals surface area contributed by atoms with Crippen molar-refractivity contribution in [3.63, 3.8) is 0 Å². The van der Waals surface area contributed by atoms with Gasteiger partial charge in [0, 0.05) is 36.8 Å². The van der Waals surface area contributed by atoms with Gasteiger partial charge in [-0.25, -0.2) is 4.98 Å². The first-order valence-electron chi connectivity index (χ1n) is 5.16. The molecule has 0 unspecified atom stereocenters. The summed E-state index contributed by atoms with van der Waals surface area (Å²) in [4.78, 5) is 4.06. The molecular formula is C10H14F3N3S. The van der Waals surface area contributed by atoms with Crippen LogP contribution in [0.2, 0.25) is 0 Å². The Kier molecular flexibility index (Phi) is 5.40. The predicted molar refractivity (Wildman–Crippen MR) is 65.4 cm³/mol. The molecule has 1 heterocycles. The molecule has 0 saturated carbocycles. The number of anilines is 2. The normalized spacial score (nSPS) is 11.3. The van der Waals surface area contributed by atoms with Gasteiger partial charge in [0.25, 0.3) is 0 Å². The molecule has 1 rings (SSSR count). The Balaban J connectivity index is 2.34. The van der Waals surface area contributed by atoms with E-state index in [9.17, 15) is 13.2 Å². The third-order valence-electron chi connectivity index (χ3n) is 1.81. The van der Waals surface area contributed by atoms with Gasteiger partial charge in [-0.1, -0.05) is 0 Å². The van der Waals surface area contributed by atoms with Crippen molar-refractivity contribution in [3.05, 3.63) is 18.3 Å². The number of rotatable bonds is 6. The summed E-state index contributed by atoms with van der Waals surface area (Å²) in [6, 6.07) is 3.49. The van der Waals surface area contributed by atoms with E-state index in [1.54, 1.807) is 18.3 Å². The highest BCUT2D eigenvalue weighted by molar-refractivity contribution is 8.00. The molecule has 17 heavy (non-hydrogen) atoms. The Morgan fingerprint density at radius 3 is 2.76 bits per heavy atom. The fraction of sp³-hybridized carbons (Fsp3) is 0.500. The molecule has 0 fully saturated rings. The second-order valence-corrected chi connectivity index (χ2v) is 4.34. The number of nitrogens with one attached hydrogen (secondary N) is 2. The lowest BCUT2D eigenvalue weighted by Gasteiger charge is -2.09. The van der Waals surface area contributed by atoms with Gasteiger partial charge in [-0.2, -0.15) is 13.2 Å². The van der Waals surface area contributed by atoms with Gasteiger partial charge in [0.2, 0.25) is 0 Å². The van der Waals surface area contributed by atoms with Gasteiger partial charge in [0.05, 0.1) is 0 Å². The first kappa shape index (κ1) is 14.0. The van der Waals surface area contributed by atoms with Crippen LogP contribution in [0.1, 0.15) is 6.92 Å². The monoisotopic (exact) mass is 265 g/mol. The van der Waals surface area contributed by atoms with Gasteiger partial charge in [-0.05, 0) is 24.8 Å². The van der Waals surface area contributed by atoms with E-state index in [0.717, 1.165) is 12.2 Å². The summed E-state index contributed by atoms with van der Waals surface area (Å²) in [6.07, 6.45) is 1.61. The van der Waals surface area contributed by atoms with Crippen LogP contribution in [-0.4, -0.2) is 29.3 Å². The molecule has 0 bridgehead atoms. The van der Waals surface area contributed by atoms with Crippen LogP contribution < -0.4 is 10.6 Å². The van der Waals surface area contributed by atoms with E-state index >= 15 is 0 Å². The molecule has 1 aromatic rings. The van der Waals surface area contributed by atoms with E-state index in [1.807, 2.05) is 6.92 Å². The Bertz CT molecular complexity index is 344. The minimum Gasteiger partial charge on any atom is -0.384 e. The number of alkyl halides is 3. The maximum Gasteiger partial charge on any atom is 0.441 e. The molecule has 7 heteroatoms. The van der Waals surface area contributed by atoms with Crippen molar-refractivity contribution >= 4 is 23.3 Å². The second kappa shape index (κ2) is 6.58. The fourth-order valence-corrected chi connectivity index (χ4v) is 1.62. The number of pyridine rings is 1. The lowest BCUT2D eigenvalue weighted by atomic mass is 10.4. The van der Waals surface area contributed by atoms with E-state index in [4.69, 9.17) is 0 Å². The summed E-state index contributed by atoms with van der Waals surface area (Å²) in [7, 11) is 0. The zero-order valence-corrected chi connectivity index (χ0v) is 10.2. The number of aromatic nitrogens is 1. The van der Waals surface area contributed by atoms with Gasteiger partial charge < -0.3 is 10.6 Å². The molecular weight excluding hydrogens is 251 g/mol. The SMILES string of the molecule is CCNc1cc(NCCSC(F)(F)F)ccn1. The van der Waals surface area contributed by atoms with E-state index in [1.165, 1.54) is 0 Å². The highest BCUT2D eigenvalue weighted by Crippen LogP contribution is 2.29. The minimum absolute atomic E-state index is 0.0115. The van der Waals surface area contributed by atoms with Gasteiger partial charge in [-0.15, -0.1) is 0 Å². The predicted octanol–water partition coefficient (Wildman–Crippen LogP) is 3.18. The Morgan fingerprint density at radius 1 is 1.35 bits per heavy atom. The largest absolute Gasteiger partial charge is 0.441 e. The summed E-state index contributed by atoms with van der Waals surface area (Å²) in [5, 5.41) is 5.94. The van der Waals surface area contributed by atoms with Crippen molar-refractivity contribution in [2.45, 2.75) is 12.4 Å². The van der Waals surface area contributed by atoms with Gasteiger partial charge >= 0.3 is 5.51 Å². The molecule has 0 radical (unpaired) electrons. The number of nitrogens with zero attached hydrogens (tertiary/aromatic N) is 1. The standard InChI is InChI=1S/C10H14F3N3S/c1-2-14-9-7-8(3-4-16-9)15-5-6-17-10(11,12)13/h3-4,7H,2,5-6H2,1H3,(H2,14,15,16). The van der Waals surface area contributed by atoms with Crippen LogP contribution in [-0.2, 0) is 0 Å². The van der Waals surface area contributed by atoms with Crippen LogP contribution in [0.3, 0.4) is 0 Å². The zero-order valence-electron chi connectivity index (χ0n) is 9.34. The number of halogens is 3. The molecule has 0 saturated heterocycles. The third-order valence-corrected chi connectivity index (χ3v) is 2.55. The second-order valence-electron chi connectivity index (χ2n) is 3.18. The van der Waals surface area contributed by atoms with E-state index in [-0.39, 0.29) is 24.1 Å². The molecule has 3 nitrogen and oxygen atoms in total. The summed E-state index contributed by atoms with van der Waals surface area (Å²) < 4.78 is 35.6. The van der Waals surface area contributed by atoms with Crippen molar-refractivity contribution in [1.29, 1.82) is 0 Å². The van der Waals surface area contributed by atoms with Crippen LogP contribution in [0.4, 0.5) is 24.7 Å². The Morgan fingerprint density at radius 2 is 2.12 bits per heavy atom. The highest BCUT2D eigenvalue weighted by Gasteiger charge is 2.27. The molecule has 0 atom stereocenters. The van der Waals surface area contributed by atoms with Crippen molar-refractivity contribution in [1.82, 2.24) is 4.98 Å². The molecule has 96 valence electrons. The minimum atomic E-state index is -4.16. The number of hydrogen-bond acceptors (Lipinski definition) is 4. The lowest BCUT2D eigenvalue weighted by molar-refractivity contribution is -0.0327. The molecule has 0 amide bonds. The fourth-order valence-electron chi connectivity index (χ4n) is 1.18. The summed E-state index contributed by atoms with van der Waals surface area (Å²) in [5.41, 5.74) is -3.40. The molecule has 0 aromatic carbocycles. The maximum atomic E-state index is 11.9. The van der Waals surface area contributed by atoms with Crippen molar-refractivity contribution in [2.24, 2.45) is 0 Å². The molecule has 2 N–H and O–H groups in total. The van der Waals surface area contributed by atoms with E-state index < -0.39 is 5.51 Å². The zero-order chi connectivity index (χ0) is 12.7. The average Bonchev–Trinajstić information content (AvgIpc) is 2.24. The number of thioether (sulfide) groups is 1. The quantitative estimate of drug-likeness (QED) is 0.775. The average molecular weight is 265 g/mol. The maximum absolute atomic E-state index is 11.9. The molecule has 0 aliphatic heterocycles. The van der Waals surface area contributed by atoms with E-state index in [2.05, 4.69) is 15.6 Å². The Hall–Kier alpha value is -1.11. The summed E-state index contributed by atoms with van der Waals surface area (Å²) >= 11 is -0.0265. The highest BCUT2D eigenvalue weighted by atomic mass is 32.2.